The van der Waals surface area contributed by atoms with Gasteiger partial charge in [-0.25, -0.2) is 0 Å². The topological polar surface area (TPSA) is 36.6 Å². The molecule has 10 heavy (non-hydrogen) atoms. The van der Waals surface area contributed by atoms with Crippen molar-refractivity contribution in [2.24, 2.45) is 0 Å². The van der Waals surface area contributed by atoms with E-state index in [-0.39, 0.29) is 0 Å². The summed E-state index contributed by atoms with van der Waals surface area (Å²) in [7, 11) is 0. The van der Waals surface area contributed by atoms with Crippen LogP contribution in [-0.2, 0) is 4.74 Å². The maximum Gasteiger partial charge on any atom is 0.100 e. The first kappa shape index (κ1) is 6.58. The number of hydrogen-bond acceptors (Lipinski definition) is 3. The Balaban J connectivity index is 1.81. The first-order valence-corrected chi connectivity index (χ1v) is 3.97. The molecule has 0 spiro atoms. The van der Waals surface area contributed by atoms with Crippen molar-refractivity contribution in [2.45, 2.75) is 25.2 Å². The van der Waals surface area contributed by atoms with E-state index in [1.807, 2.05) is 0 Å². The summed E-state index contributed by atoms with van der Waals surface area (Å²) in [5.41, 5.74) is 0. The van der Waals surface area contributed by atoms with Gasteiger partial charge in [-0.15, -0.1) is 0 Å². The summed E-state index contributed by atoms with van der Waals surface area (Å²) in [5.74, 6) is 0. The zero-order valence-electron chi connectivity index (χ0n) is 6.26. The fourth-order valence-electron chi connectivity index (χ4n) is 1.53. The molecule has 0 saturated carbocycles. The third-order valence-corrected chi connectivity index (χ3v) is 2.23. The highest BCUT2D eigenvalue weighted by molar-refractivity contribution is 4.94. The maximum atomic E-state index is 5.35. The number of hydrogen-bond donors (Lipinski definition) is 2. The lowest BCUT2D eigenvalue weighted by Crippen LogP contribution is -2.51. The third-order valence-electron chi connectivity index (χ3n) is 2.23. The van der Waals surface area contributed by atoms with Crippen LogP contribution in [0.4, 0.5) is 0 Å². The predicted octanol–water partition coefficient (Wildman–Crippen LogP) is -0.665. The van der Waals surface area contributed by atoms with E-state index < -0.39 is 0 Å². The van der Waals surface area contributed by atoms with Gasteiger partial charge in [0, 0.05) is 25.7 Å². The average molecular weight is 142 g/mol. The van der Waals surface area contributed by atoms with Crippen LogP contribution in [0.1, 0.15) is 6.92 Å². The van der Waals surface area contributed by atoms with Crippen LogP contribution in [0.3, 0.4) is 0 Å². The molecule has 2 aliphatic rings. The lowest BCUT2D eigenvalue weighted by molar-refractivity contribution is 0.305. The largest absolute Gasteiger partial charge is 0.368 e. The van der Waals surface area contributed by atoms with E-state index in [9.17, 15) is 0 Å². The van der Waals surface area contributed by atoms with Crippen molar-refractivity contribution in [3.8, 4) is 0 Å². The molecule has 0 aromatic carbocycles. The maximum absolute atomic E-state index is 5.35. The molecule has 0 bridgehead atoms. The Morgan fingerprint density at radius 3 is 2.70 bits per heavy atom. The van der Waals surface area contributed by atoms with Crippen molar-refractivity contribution in [3.05, 3.63) is 0 Å². The predicted molar refractivity (Wildman–Crippen MR) is 39.0 cm³/mol. The van der Waals surface area contributed by atoms with Crippen LogP contribution in [-0.4, -0.2) is 37.9 Å². The van der Waals surface area contributed by atoms with Crippen molar-refractivity contribution < 1.29 is 4.74 Å². The second-order valence-electron chi connectivity index (χ2n) is 3.07. The van der Waals surface area contributed by atoms with E-state index >= 15 is 0 Å². The second kappa shape index (κ2) is 2.49. The van der Waals surface area contributed by atoms with Crippen LogP contribution in [0.2, 0.25) is 0 Å². The van der Waals surface area contributed by atoms with Crippen LogP contribution >= 0.6 is 0 Å². The molecular formula is C7H14N2O. The fourth-order valence-corrected chi connectivity index (χ4v) is 1.53. The van der Waals surface area contributed by atoms with Gasteiger partial charge >= 0.3 is 0 Å². The molecule has 58 valence electrons. The van der Waals surface area contributed by atoms with E-state index in [1.54, 1.807) is 0 Å². The molecule has 2 heterocycles. The van der Waals surface area contributed by atoms with E-state index in [1.165, 1.54) is 0 Å². The number of ether oxygens (including phenoxy) is 1. The lowest BCUT2D eigenvalue weighted by Gasteiger charge is -2.22. The van der Waals surface area contributed by atoms with Gasteiger partial charge in [-0.3, -0.25) is 0 Å². The molecule has 2 aliphatic heterocycles. The van der Waals surface area contributed by atoms with Gasteiger partial charge in [0.15, 0.2) is 0 Å². The van der Waals surface area contributed by atoms with Gasteiger partial charge in [0.1, 0.15) is 6.10 Å². The fraction of sp³-hybridized carbons (Fsp3) is 1.00. The number of nitrogens with one attached hydrogen (secondary N) is 2. The Morgan fingerprint density at radius 1 is 1.40 bits per heavy atom. The van der Waals surface area contributed by atoms with Crippen LogP contribution < -0.4 is 10.6 Å². The monoisotopic (exact) mass is 142 g/mol. The van der Waals surface area contributed by atoms with Crippen molar-refractivity contribution in [2.75, 3.05) is 19.6 Å². The second-order valence-corrected chi connectivity index (χ2v) is 3.07. The molecule has 0 aromatic heterocycles. The lowest BCUT2D eigenvalue weighted by atomic mass is 10.1. The molecule has 2 saturated heterocycles. The average Bonchev–Trinajstić information content (AvgIpc) is 2.69. The molecule has 3 unspecified atom stereocenters. The molecule has 0 amide bonds. The van der Waals surface area contributed by atoms with Gasteiger partial charge in [0.25, 0.3) is 0 Å². The first-order chi connectivity index (χ1) is 4.88. The number of epoxide rings is 1. The summed E-state index contributed by atoms with van der Waals surface area (Å²) >= 11 is 0. The van der Waals surface area contributed by atoms with Gasteiger partial charge < -0.3 is 15.4 Å². The zero-order valence-corrected chi connectivity index (χ0v) is 6.26. The Hall–Kier alpha value is -0.120. The minimum atomic E-state index is 0.479. The Labute approximate surface area is 61.1 Å². The van der Waals surface area contributed by atoms with Gasteiger partial charge in [-0.1, -0.05) is 0 Å². The SMILES string of the molecule is CC1OC1C1CNCCN1. The summed E-state index contributed by atoms with van der Waals surface area (Å²) in [6, 6.07) is 0.559. The van der Waals surface area contributed by atoms with E-state index in [4.69, 9.17) is 4.74 Å². The minimum Gasteiger partial charge on any atom is -0.368 e. The van der Waals surface area contributed by atoms with Crippen LogP contribution in [0.5, 0.6) is 0 Å². The first-order valence-electron chi connectivity index (χ1n) is 3.97. The van der Waals surface area contributed by atoms with Crippen molar-refractivity contribution in [1.29, 1.82) is 0 Å². The smallest absolute Gasteiger partial charge is 0.100 e. The molecule has 2 rings (SSSR count). The Kier molecular flexibility index (Phi) is 1.64. The van der Waals surface area contributed by atoms with Crippen LogP contribution in [0, 0.1) is 0 Å². The molecule has 2 N–H and O–H groups in total. The van der Waals surface area contributed by atoms with Crippen LogP contribution in [0.15, 0.2) is 0 Å². The molecule has 0 radical (unpaired) electrons. The Morgan fingerprint density at radius 2 is 2.20 bits per heavy atom. The molecule has 3 nitrogen and oxygen atoms in total. The van der Waals surface area contributed by atoms with Gasteiger partial charge in [-0.2, -0.15) is 0 Å². The molecule has 0 aliphatic carbocycles. The molecule has 2 fully saturated rings. The Bertz CT molecular complexity index is 123. The van der Waals surface area contributed by atoms with E-state index in [0.717, 1.165) is 19.6 Å². The van der Waals surface area contributed by atoms with Crippen molar-refractivity contribution in [1.82, 2.24) is 10.6 Å². The minimum absolute atomic E-state index is 0.479. The number of rotatable bonds is 1. The summed E-state index contributed by atoms with van der Waals surface area (Å²) < 4.78 is 5.35. The highest BCUT2D eigenvalue weighted by Crippen LogP contribution is 2.24. The van der Waals surface area contributed by atoms with Crippen molar-refractivity contribution in [3.63, 3.8) is 0 Å². The van der Waals surface area contributed by atoms with E-state index in [2.05, 4.69) is 17.6 Å². The van der Waals surface area contributed by atoms with Gasteiger partial charge in [-0.05, 0) is 6.92 Å². The van der Waals surface area contributed by atoms with Crippen LogP contribution in [0.25, 0.3) is 0 Å². The summed E-state index contributed by atoms with van der Waals surface area (Å²) in [5, 5.41) is 6.76. The molecule has 3 atom stereocenters. The molecular weight excluding hydrogens is 128 g/mol. The summed E-state index contributed by atoms with van der Waals surface area (Å²) in [6.07, 6.45) is 0.963. The normalized spacial score (nSPS) is 47.1. The van der Waals surface area contributed by atoms with E-state index in [0.29, 0.717) is 18.2 Å². The third kappa shape index (κ3) is 1.17. The zero-order chi connectivity index (χ0) is 6.97. The summed E-state index contributed by atoms with van der Waals surface area (Å²) in [6.45, 7) is 5.37. The highest BCUT2D eigenvalue weighted by atomic mass is 16.6. The van der Waals surface area contributed by atoms with Crippen molar-refractivity contribution >= 4 is 0 Å². The van der Waals surface area contributed by atoms with Gasteiger partial charge in [0.05, 0.1) is 6.10 Å². The molecule has 3 heteroatoms. The molecule has 0 aromatic rings. The van der Waals surface area contributed by atoms with Gasteiger partial charge in [0.2, 0.25) is 0 Å². The standard InChI is InChI=1S/C7H14N2O/c1-5-7(10-5)6-4-8-2-3-9-6/h5-9H,2-4H2,1H3. The highest BCUT2D eigenvalue weighted by Gasteiger charge is 2.41. The quantitative estimate of drug-likeness (QED) is 0.477. The summed E-state index contributed by atoms with van der Waals surface area (Å²) in [4.78, 5) is 0. The number of piperazine rings is 1.